The van der Waals surface area contributed by atoms with E-state index < -0.39 is 6.43 Å². The van der Waals surface area contributed by atoms with Crippen molar-refractivity contribution in [1.82, 2.24) is 24.6 Å². The molecule has 134 valence electrons. The zero-order valence-electron chi connectivity index (χ0n) is 13.6. The fourth-order valence-electron chi connectivity index (χ4n) is 3.04. The van der Waals surface area contributed by atoms with E-state index in [1.54, 1.807) is 6.07 Å². The maximum atomic E-state index is 12.9. The average molecular weight is 359 g/mol. The number of imidazole rings is 1. The summed E-state index contributed by atoms with van der Waals surface area (Å²) in [7, 11) is 0. The van der Waals surface area contributed by atoms with Crippen molar-refractivity contribution in [2.45, 2.75) is 12.8 Å². The van der Waals surface area contributed by atoms with Gasteiger partial charge in [0.05, 0.1) is 17.8 Å². The molecular weight excluding hydrogens is 344 g/mol. The summed E-state index contributed by atoms with van der Waals surface area (Å²) in [6.45, 7) is 1.15. The van der Waals surface area contributed by atoms with Crippen LogP contribution in [0.5, 0.6) is 0 Å². The molecule has 0 aromatic carbocycles. The Morgan fingerprint density at radius 2 is 2.12 bits per heavy atom. The van der Waals surface area contributed by atoms with Crippen molar-refractivity contribution in [2.75, 3.05) is 18.0 Å². The molecule has 3 aromatic heterocycles. The summed E-state index contributed by atoms with van der Waals surface area (Å²) in [6, 6.07) is 4.46. The summed E-state index contributed by atoms with van der Waals surface area (Å²) in [5.74, 6) is 0.102. The minimum Gasteiger partial charge on any atom is -0.369 e. The molecule has 0 bridgehead atoms. The molecule has 4 rings (SSSR count). The third kappa shape index (κ3) is 2.83. The van der Waals surface area contributed by atoms with E-state index in [2.05, 4.69) is 20.1 Å². The topological polar surface area (TPSA) is 102 Å². The van der Waals surface area contributed by atoms with Crippen LogP contribution in [0.3, 0.4) is 0 Å². The molecule has 1 aliphatic heterocycles. The first-order valence-electron chi connectivity index (χ1n) is 8.02. The second-order valence-corrected chi connectivity index (χ2v) is 6.07. The Kier molecular flexibility index (Phi) is 3.94. The number of alkyl halides is 2. The Labute approximate surface area is 146 Å². The normalized spacial score (nSPS) is 17.3. The third-order valence-electron chi connectivity index (χ3n) is 4.44. The van der Waals surface area contributed by atoms with Crippen molar-refractivity contribution in [2.24, 2.45) is 11.7 Å². The van der Waals surface area contributed by atoms with Gasteiger partial charge in [-0.15, -0.1) is 0 Å². The molecular formula is C16H15F2N7O. The molecule has 8 nitrogen and oxygen atoms in total. The SMILES string of the molecule is NC(=O)C1CCN(c2cc(-c3cnc4ccc(C(F)F)nn34)ncn2)C1. The van der Waals surface area contributed by atoms with Crippen molar-refractivity contribution in [3.63, 3.8) is 0 Å². The lowest BCUT2D eigenvalue weighted by Crippen LogP contribution is -2.27. The summed E-state index contributed by atoms with van der Waals surface area (Å²) < 4.78 is 27.2. The zero-order chi connectivity index (χ0) is 18.3. The van der Waals surface area contributed by atoms with Gasteiger partial charge in [0.15, 0.2) is 5.65 Å². The van der Waals surface area contributed by atoms with Crippen LogP contribution in [0.1, 0.15) is 18.5 Å². The molecule has 0 spiro atoms. The lowest BCUT2D eigenvalue weighted by atomic mass is 10.1. The molecule has 3 aromatic rings. The zero-order valence-corrected chi connectivity index (χ0v) is 13.6. The second kappa shape index (κ2) is 6.28. The largest absolute Gasteiger partial charge is 0.369 e. The number of primary amides is 1. The first-order valence-corrected chi connectivity index (χ1v) is 8.02. The number of halogens is 2. The minimum atomic E-state index is -2.68. The van der Waals surface area contributed by atoms with E-state index in [0.29, 0.717) is 42.4 Å². The van der Waals surface area contributed by atoms with Crippen molar-refractivity contribution >= 4 is 17.4 Å². The predicted octanol–water partition coefficient (Wildman–Crippen LogP) is 1.44. The highest BCUT2D eigenvalue weighted by Gasteiger charge is 2.27. The minimum absolute atomic E-state index is 0.209. The third-order valence-corrected chi connectivity index (χ3v) is 4.44. The highest BCUT2D eigenvalue weighted by Crippen LogP contribution is 2.26. The van der Waals surface area contributed by atoms with E-state index in [-0.39, 0.29) is 17.5 Å². The van der Waals surface area contributed by atoms with Gasteiger partial charge in [-0.05, 0) is 18.6 Å². The van der Waals surface area contributed by atoms with Gasteiger partial charge in [-0.2, -0.15) is 5.10 Å². The molecule has 10 heteroatoms. The molecule has 1 unspecified atom stereocenters. The van der Waals surface area contributed by atoms with Gasteiger partial charge >= 0.3 is 0 Å². The summed E-state index contributed by atoms with van der Waals surface area (Å²) >= 11 is 0. The predicted molar refractivity (Wildman–Crippen MR) is 88.5 cm³/mol. The van der Waals surface area contributed by atoms with E-state index >= 15 is 0 Å². The van der Waals surface area contributed by atoms with Crippen molar-refractivity contribution in [3.8, 4) is 11.4 Å². The van der Waals surface area contributed by atoms with Crippen LogP contribution in [0.25, 0.3) is 17.0 Å². The average Bonchev–Trinajstić information content (AvgIpc) is 3.28. The number of aromatic nitrogens is 5. The van der Waals surface area contributed by atoms with Crippen LogP contribution in [0.2, 0.25) is 0 Å². The number of rotatable bonds is 4. The van der Waals surface area contributed by atoms with Gasteiger partial charge < -0.3 is 10.6 Å². The van der Waals surface area contributed by atoms with Crippen LogP contribution >= 0.6 is 0 Å². The smallest absolute Gasteiger partial charge is 0.282 e. The monoisotopic (exact) mass is 359 g/mol. The lowest BCUT2D eigenvalue weighted by molar-refractivity contribution is -0.121. The number of nitrogens with zero attached hydrogens (tertiary/aromatic N) is 6. The summed E-state index contributed by atoms with van der Waals surface area (Å²) in [6.07, 6.45) is 0.910. The van der Waals surface area contributed by atoms with Crippen LogP contribution in [0.15, 0.2) is 30.7 Å². The van der Waals surface area contributed by atoms with Gasteiger partial charge in [0.25, 0.3) is 6.43 Å². The standard InChI is InChI=1S/C16H15F2N7O/c17-15(18)10-1-2-13-20-6-12(25(13)23-10)11-5-14(22-8-21-11)24-4-3-9(7-24)16(19)26/h1-2,5-6,8-9,15H,3-4,7H2,(H2,19,26). The van der Waals surface area contributed by atoms with E-state index in [1.807, 2.05) is 4.90 Å². The van der Waals surface area contributed by atoms with Crippen LogP contribution in [-0.2, 0) is 4.79 Å². The number of fused-ring (bicyclic) bond motifs is 1. The van der Waals surface area contributed by atoms with E-state index in [4.69, 9.17) is 5.73 Å². The Balaban J connectivity index is 1.70. The molecule has 0 radical (unpaired) electrons. The van der Waals surface area contributed by atoms with E-state index in [9.17, 15) is 13.6 Å². The quantitative estimate of drug-likeness (QED) is 0.756. The molecule has 1 saturated heterocycles. The number of hydrogen-bond donors (Lipinski definition) is 1. The number of carbonyl (C=O) groups excluding carboxylic acids is 1. The molecule has 1 amide bonds. The van der Waals surface area contributed by atoms with Gasteiger partial charge in [-0.25, -0.2) is 28.2 Å². The van der Waals surface area contributed by atoms with Gasteiger partial charge in [-0.3, -0.25) is 4.79 Å². The molecule has 4 heterocycles. The molecule has 1 aliphatic rings. The highest BCUT2D eigenvalue weighted by molar-refractivity contribution is 5.78. The highest BCUT2D eigenvalue weighted by atomic mass is 19.3. The van der Waals surface area contributed by atoms with Crippen LogP contribution in [-0.4, -0.2) is 43.6 Å². The van der Waals surface area contributed by atoms with Crippen molar-refractivity contribution in [1.29, 1.82) is 0 Å². The van der Waals surface area contributed by atoms with Crippen molar-refractivity contribution in [3.05, 3.63) is 36.4 Å². The summed E-state index contributed by atoms with van der Waals surface area (Å²) in [5, 5.41) is 3.94. The van der Waals surface area contributed by atoms with Gasteiger partial charge in [-0.1, -0.05) is 0 Å². The molecule has 0 aliphatic carbocycles. The molecule has 26 heavy (non-hydrogen) atoms. The first kappa shape index (κ1) is 16.3. The second-order valence-electron chi connectivity index (χ2n) is 6.07. The summed E-state index contributed by atoms with van der Waals surface area (Å²) in [5.41, 5.74) is 6.46. The first-order chi connectivity index (χ1) is 12.5. The Bertz CT molecular complexity index is 974. The Morgan fingerprint density at radius 1 is 1.27 bits per heavy atom. The van der Waals surface area contributed by atoms with Crippen LogP contribution in [0.4, 0.5) is 14.6 Å². The van der Waals surface area contributed by atoms with E-state index in [0.717, 1.165) is 0 Å². The number of anilines is 1. The Morgan fingerprint density at radius 3 is 2.85 bits per heavy atom. The molecule has 1 fully saturated rings. The van der Waals surface area contributed by atoms with Crippen LogP contribution < -0.4 is 10.6 Å². The lowest BCUT2D eigenvalue weighted by Gasteiger charge is -2.17. The number of hydrogen-bond acceptors (Lipinski definition) is 6. The molecule has 2 N–H and O–H groups in total. The molecule has 1 atom stereocenters. The molecule has 0 saturated carbocycles. The summed E-state index contributed by atoms with van der Waals surface area (Å²) in [4.78, 5) is 25.9. The van der Waals surface area contributed by atoms with E-state index in [1.165, 1.54) is 29.2 Å². The number of carbonyl (C=O) groups is 1. The number of nitrogens with two attached hydrogens (primary N) is 1. The fraction of sp³-hybridized carbons (Fsp3) is 0.312. The van der Waals surface area contributed by atoms with Gasteiger partial charge in [0.2, 0.25) is 5.91 Å². The Hall–Kier alpha value is -3.17. The van der Waals surface area contributed by atoms with Crippen molar-refractivity contribution < 1.29 is 13.6 Å². The van der Waals surface area contributed by atoms with Gasteiger partial charge in [0.1, 0.15) is 23.5 Å². The maximum Gasteiger partial charge on any atom is 0.282 e. The fourth-order valence-corrected chi connectivity index (χ4v) is 3.04. The maximum absolute atomic E-state index is 12.9. The van der Waals surface area contributed by atoms with Crippen LogP contribution in [0, 0.1) is 5.92 Å². The van der Waals surface area contributed by atoms with Gasteiger partial charge in [0, 0.05) is 19.2 Å². The number of amides is 1.